The fourth-order valence-electron chi connectivity index (χ4n) is 4.93. The summed E-state index contributed by atoms with van der Waals surface area (Å²) >= 11 is 0. The van der Waals surface area contributed by atoms with Crippen molar-refractivity contribution >= 4 is 29.4 Å². The number of carboxylic acids is 1. The Morgan fingerprint density at radius 1 is 1.10 bits per heavy atom. The van der Waals surface area contributed by atoms with Gasteiger partial charge in [-0.1, -0.05) is 24.3 Å². The summed E-state index contributed by atoms with van der Waals surface area (Å²) in [5.41, 5.74) is 3.82. The molecule has 2 aromatic carbocycles. The molecule has 40 heavy (non-hydrogen) atoms. The van der Waals surface area contributed by atoms with E-state index >= 15 is 0 Å². The molecule has 3 aromatic rings. The van der Waals surface area contributed by atoms with Crippen molar-refractivity contribution in [3.8, 4) is 11.3 Å². The number of anilines is 1. The average molecular weight is 540 g/mol. The molecule has 2 aliphatic rings. The SMILES string of the molecule is CCOC(=O)C1=C(C)N=C2C=C(Cc3ccc(-c4cccc(C(=O)O)c4)o3)C(=O)N2C1c1ccc(N(C)C)cc1. The maximum Gasteiger partial charge on any atom is 0.338 e. The third-order valence-corrected chi connectivity index (χ3v) is 6.89. The number of furan rings is 1. The lowest BCUT2D eigenvalue weighted by atomic mass is 9.93. The number of hydrogen-bond acceptors (Lipinski definition) is 7. The zero-order valence-corrected chi connectivity index (χ0v) is 22.7. The van der Waals surface area contributed by atoms with E-state index in [-0.39, 0.29) is 24.5 Å². The van der Waals surface area contributed by atoms with Crippen molar-refractivity contribution in [3.05, 3.63) is 100 Å². The minimum absolute atomic E-state index is 0.156. The zero-order valence-electron chi connectivity index (χ0n) is 22.7. The Morgan fingerprint density at radius 2 is 1.85 bits per heavy atom. The van der Waals surface area contributed by atoms with Crippen LogP contribution in [0.5, 0.6) is 0 Å². The first-order chi connectivity index (χ1) is 19.2. The smallest absolute Gasteiger partial charge is 0.338 e. The molecule has 9 heteroatoms. The largest absolute Gasteiger partial charge is 0.478 e. The predicted molar refractivity (Wildman–Crippen MR) is 150 cm³/mol. The number of nitrogens with zero attached hydrogens (tertiary/aromatic N) is 3. The molecule has 0 aliphatic carbocycles. The van der Waals surface area contributed by atoms with Crippen molar-refractivity contribution in [2.45, 2.75) is 26.3 Å². The van der Waals surface area contributed by atoms with Gasteiger partial charge < -0.3 is 19.2 Å². The fraction of sp³-hybridized carbons (Fsp3) is 0.226. The van der Waals surface area contributed by atoms with Crippen molar-refractivity contribution in [2.75, 3.05) is 25.6 Å². The number of carbonyl (C=O) groups excluding carboxylic acids is 2. The van der Waals surface area contributed by atoms with E-state index in [1.165, 1.54) is 12.1 Å². The lowest BCUT2D eigenvalue weighted by molar-refractivity contribution is -0.139. The Morgan fingerprint density at radius 3 is 2.52 bits per heavy atom. The monoisotopic (exact) mass is 539 g/mol. The molecule has 0 saturated carbocycles. The van der Waals surface area contributed by atoms with Gasteiger partial charge in [-0.15, -0.1) is 0 Å². The number of esters is 1. The van der Waals surface area contributed by atoms with Crippen LogP contribution in [0.1, 0.15) is 41.6 Å². The summed E-state index contributed by atoms with van der Waals surface area (Å²) < 4.78 is 11.4. The van der Waals surface area contributed by atoms with Gasteiger partial charge in [0.25, 0.3) is 5.91 Å². The second-order valence-electron chi connectivity index (χ2n) is 9.75. The van der Waals surface area contributed by atoms with E-state index in [9.17, 15) is 19.5 Å². The highest BCUT2D eigenvalue weighted by atomic mass is 16.5. The zero-order chi connectivity index (χ0) is 28.6. The van der Waals surface area contributed by atoms with Gasteiger partial charge >= 0.3 is 11.9 Å². The van der Waals surface area contributed by atoms with Gasteiger partial charge in [0.05, 0.1) is 29.5 Å². The van der Waals surface area contributed by atoms with E-state index in [0.717, 1.165) is 11.3 Å². The number of aliphatic imine (C=N–C) groups is 1. The molecule has 0 saturated heterocycles. The van der Waals surface area contributed by atoms with Crippen molar-refractivity contribution in [1.29, 1.82) is 0 Å². The summed E-state index contributed by atoms with van der Waals surface area (Å²) in [7, 11) is 3.88. The van der Waals surface area contributed by atoms with E-state index < -0.39 is 18.0 Å². The third-order valence-electron chi connectivity index (χ3n) is 6.89. The number of fused-ring (bicyclic) bond motifs is 1. The first kappa shape index (κ1) is 26.7. The van der Waals surface area contributed by atoms with Crippen LogP contribution in [0.2, 0.25) is 0 Å². The molecule has 0 spiro atoms. The molecule has 1 N–H and O–H groups in total. The van der Waals surface area contributed by atoms with Crippen molar-refractivity contribution in [3.63, 3.8) is 0 Å². The summed E-state index contributed by atoms with van der Waals surface area (Å²) in [4.78, 5) is 46.4. The number of aromatic carboxylic acids is 1. The average Bonchev–Trinajstić information content (AvgIpc) is 3.52. The van der Waals surface area contributed by atoms with Crippen LogP contribution in [0.3, 0.4) is 0 Å². The maximum absolute atomic E-state index is 13.8. The van der Waals surface area contributed by atoms with Crippen LogP contribution in [0.4, 0.5) is 5.69 Å². The Balaban J connectivity index is 1.47. The molecule has 5 rings (SSSR count). The fourth-order valence-corrected chi connectivity index (χ4v) is 4.93. The first-order valence-electron chi connectivity index (χ1n) is 12.9. The number of carbonyl (C=O) groups is 3. The standard InChI is InChI=1S/C31H29N3O6/c1-5-39-31(38)27-18(2)32-26-17-22(29(35)34(26)28(27)19-9-11-23(12-10-19)33(3)4)16-24-13-14-25(40-24)20-7-6-8-21(15-20)30(36)37/h6-15,17,28H,5,16H2,1-4H3,(H,36,37). The van der Waals surface area contributed by atoms with Crippen molar-refractivity contribution < 1.29 is 28.6 Å². The predicted octanol–water partition coefficient (Wildman–Crippen LogP) is 5.01. The number of hydrogen-bond donors (Lipinski definition) is 1. The number of allylic oxidation sites excluding steroid dienone is 1. The third kappa shape index (κ3) is 4.93. The molecule has 0 bridgehead atoms. The van der Waals surface area contributed by atoms with Crippen LogP contribution in [0.15, 0.2) is 93.0 Å². The lowest BCUT2D eigenvalue weighted by Crippen LogP contribution is -2.41. The van der Waals surface area contributed by atoms with E-state index in [1.807, 2.05) is 43.3 Å². The van der Waals surface area contributed by atoms with Crippen molar-refractivity contribution in [2.24, 2.45) is 4.99 Å². The molecular weight excluding hydrogens is 510 g/mol. The highest BCUT2D eigenvalue weighted by Crippen LogP contribution is 2.40. The van der Waals surface area contributed by atoms with Gasteiger partial charge in [0.15, 0.2) is 0 Å². The summed E-state index contributed by atoms with van der Waals surface area (Å²) in [6.07, 6.45) is 1.93. The lowest BCUT2D eigenvalue weighted by Gasteiger charge is -2.34. The Kier molecular flexibility index (Phi) is 7.13. The highest BCUT2D eigenvalue weighted by molar-refractivity contribution is 6.20. The van der Waals surface area contributed by atoms with Gasteiger partial charge in [-0.3, -0.25) is 9.69 Å². The van der Waals surface area contributed by atoms with Crippen LogP contribution in [-0.4, -0.2) is 54.4 Å². The molecular formula is C31H29N3O6. The summed E-state index contributed by atoms with van der Waals surface area (Å²) in [5, 5.41) is 9.30. The molecule has 9 nitrogen and oxygen atoms in total. The number of carboxylic acid groups (broad SMARTS) is 1. The Labute approximate surface area is 231 Å². The molecule has 2 aliphatic heterocycles. The highest BCUT2D eigenvalue weighted by Gasteiger charge is 2.43. The van der Waals surface area contributed by atoms with Crippen LogP contribution in [-0.2, 0) is 20.7 Å². The van der Waals surface area contributed by atoms with Crippen LogP contribution in [0.25, 0.3) is 11.3 Å². The Bertz CT molecular complexity index is 1590. The topological polar surface area (TPSA) is 113 Å². The normalized spacial score (nSPS) is 16.4. The van der Waals surface area contributed by atoms with Crippen LogP contribution >= 0.6 is 0 Å². The van der Waals surface area contributed by atoms with Gasteiger partial charge in [0, 0.05) is 37.3 Å². The minimum Gasteiger partial charge on any atom is -0.478 e. The van der Waals surface area contributed by atoms with Gasteiger partial charge in [-0.25, -0.2) is 14.6 Å². The second-order valence-corrected chi connectivity index (χ2v) is 9.75. The van der Waals surface area contributed by atoms with E-state index in [1.54, 1.807) is 49.1 Å². The van der Waals surface area contributed by atoms with E-state index in [2.05, 4.69) is 4.99 Å². The molecule has 1 amide bonds. The molecule has 0 fully saturated rings. The Hall–Kier alpha value is -4.92. The first-order valence-corrected chi connectivity index (χ1v) is 12.9. The van der Waals surface area contributed by atoms with E-state index in [0.29, 0.717) is 39.8 Å². The summed E-state index contributed by atoms with van der Waals surface area (Å²) in [6.45, 7) is 3.69. The maximum atomic E-state index is 13.8. The van der Waals surface area contributed by atoms with E-state index in [4.69, 9.17) is 9.15 Å². The second kappa shape index (κ2) is 10.7. The minimum atomic E-state index is -1.02. The quantitative estimate of drug-likeness (QED) is 0.400. The van der Waals surface area contributed by atoms with Crippen LogP contribution in [0, 0.1) is 0 Å². The number of amides is 1. The number of amidine groups is 1. The number of ether oxygens (including phenoxy) is 1. The van der Waals surface area contributed by atoms with Crippen molar-refractivity contribution in [1.82, 2.24) is 4.90 Å². The van der Waals surface area contributed by atoms with Gasteiger partial charge in [-0.2, -0.15) is 0 Å². The van der Waals surface area contributed by atoms with Crippen LogP contribution < -0.4 is 4.90 Å². The van der Waals surface area contributed by atoms with Gasteiger partial charge in [0.2, 0.25) is 0 Å². The van der Waals surface area contributed by atoms with Gasteiger partial charge in [-0.05, 0) is 61.9 Å². The molecule has 1 atom stereocenters. The summed E-state index contributed by atoms with van der Waals surface area (Å²) in [6, 6.07) is 17.0. The molecule has 1 aromatic heterocycles. The molecule has 3 heterocycles. The van der Waals surface area contributed by atoms with Gasteiger partial charge in [0.1, 0.15) is 17.4 Å². The molecule has 1 unspecified atom stereocenters. The number of benzene rings is 2. The molecule has 204 valence electrons. The number of rotatable bonds is 8. The summed E-state index contributed by atoms with van der Waals surface area (Å²) in [5.74, 6) is -0.318. The molecule has 0 radical (unpaired) electrons.